The van der Waals surface area contributed by atoms with Crippen molar-refractivity contribution in [2.45, 2.75) is 0 Å². The molecule has 0 aliphatic rings. The first-order valence-electron chi connectivity index (χ1n) is 3.93. The Labute approximate surface area is 90.6 Å². The molecule has 5 heteroatoms. The van der Waals surface area contributed by atoms with E-state index in [0.717, 1.165) is 15.4 Å². The number of thiocarbonyl (C=S) groups is 1. The zero-order valence-electron chi connectivity index (χ0n) is 7.18. The lowest BCUT2D eigenvalue weighted by Gasteiger charge is -1.92. The van der Waals surface area contributed by atoms with Gasteiger partial charge in [0.05, 0.1) is 4.88 Å². The summed E-state index contributed by atoms with van der Waals surface area (Å²) in [5.74, 6) is 0. The van der Waals surface area contributed by atoms with Crippen LogP contribution < -0.4 is 5.73 Å². The molecule has 0 bridgehead atoms. The van der Waals surface area contributed by atoms with Gasteiger partial charge in [0.1, 0.15) is 10.00 Å². The van der Waals surface area contributed by atoms with Gasteiger partial charge in [-0.15, -0.1) is 11.3 Å². The van der Waals surface area contributed by atoms with Gasteiger partial charge in [-0.25, -0.2) is 4.98 Å². The molecule has 2 aromatic rings. The van der Waals surface area contributed by atoms with Crippen molar-refractivity contribution in [3.63, 3.8) is 0 Å². The van der Waals surface area contributed by atoms with E-state index < -0.39 is 0 Å². The first kappa shape index (κ1) is 9.23. The van der Waals surface area contributed by atoms with Gasteiger partial charge in [0.2, 0.25) is 0 Å². The Morgan fingerprint density at radius 3 is 2.64 bits per heavy atom. The molecule has 0 saturated carbocycles. The maximum atomic E-state index is 5.49. The van der Waals surface area contributed by atoms with Crippen molar-refractivity contribution in [3.05, 3.63) is 35.6 Å². The van der Waals surface area contributed by atoms with Gasteiger partial charge in [-0.2, -0.15) is 0 Å². The summed E-state index contributed by atoms with van der Waals surface area (Å²) < 4.78 is 0. The number of aromatic nitrogens is 2. The second-order valence-corrected chi connectivity index (χ2v) is 4.10. The fourth-order valence-corrected chi connectivity index (χ4v) is 1.97. The van der Waals surface area contributed by atoms with Crippen LogP contribution in [0.25, 0.3) is 10.6 Å². The molecule has 0 fully saturated rings. The molecule has 2 heterocycles. The lowest BCUT2D eigenvalue weighted by atomic mass is 10.3. The van der Waals surface area contributed by atoms with Crippen molar-refractivity contribution < 1.29 is 0 Å². The minimum absolute atomic E-state index is 0.391. The second kappa shape index (κ2) is 3.81. The highest BCUT2D eigenvalue weighted by Gasteiger charge is 2.05. The molecule has 0 saturated heterocycles. The zero-order chi connectivity index (χ0) is 9.97. The maximum absolute atomic E-state index is 5.49. The maximum Gasteiger partial charge on any atom is 0.124 e. The van der Waals surface area contributed by atoms with E-state index in [2.05, 4.69) is 9.97 Å². The highest BCUT2D eigenvalue weighted by molar-refractivity contribution is 7.81. The average Bonchev–Trinajstić information content (AvgIpc) is 2.68. The molecule has 0 spiro atoms. The van der Waals surface area contributed by atoms with Crippen LogP contribution in [0.5, 0.6) is 0 Å². The number of rotatable bonds is 2. The second-order valence-electron chi connectivity index (χ2n) is 2.63. The Balaban J connectivity index is 2.39. The van der Waals surface area contributed by atoms with Gasteiger partial charge in [0.15, 0.2) is 0 Å². The van der Waals surface area contributed by atoms with Crippen LogP contribution in [0.2, 0.25) is 0 Å². The predicted molar refractivity (Wildman–Crippen MR) is 61.2 cm³/mol. The summed E-state index contributed by atoms with van der Waals surface area (Å²) in [6.45, 7) is 0. The third kappa shape index (κ3) is 1.78. The fraction of sp³-hybridized carbons (Fsp3) is 0. The quantitative estimate of drug-likeness (QED) is 0.786. The molecule has 2 rings (SSSR count). The molecule has 0 aromatic carbocycles. The van der Waals surface area contributed by atoms with Crippen LogP contribution in [0.3, 0.4) is 0 Å². The first-order valence-corrected chi connectivity index (χ1v) is 5.16. The number of hydrogen-bond acceptors (Lipinski definition) is 4. The van der Waals surface area contributed by atoms with E-state index >= 15 is 0 Å². The van der Waals surface area contributed by atoms with Gasteiger partial charge in [0, 0.05) is 24.2 Å². The molecular weight excluding hydrogens is 214 g/mol. The summed E-state index contributed by atoms with van der Waals surface area (Å²) in [4.78, 5) is 9.40. The minimum atomic E-state index is 0.391. The molecule has 0 atom stereocenters. The Hall–Kier alpha value is -1.33. The van der Waals surface area contributed by atoms with Gasteiger partial charge >= 0.3 is 0 Å². The van der Waals surface area contributed by atoms with Crippen molar-refractivity contribution >= 4 is 28.5 Å². The van der Waals surface area contributed by atoms with E-state index in [0.29, 0.717) is 4.99 Å². The molecule has 0 unspecified atom stereocenters. The first-order chi connectivity index (χ1) is 6.77. The predicted octanol–water partition coefficient (Wildman–Crippen LogP) is 1.84. The monoisotopic (exact) mass is 221 g/mol. The Kier molecular flexibility index (Phi) is 2.51. The third-order valence-electron chi connectivity index (χ3n) is 1.68. The van der Waals surface area contributed by atoms with E-state index in [9.17, 15) is 0 Å². The van der Waals surface area contributed by atoms with E-state index in [4.69, 9.17) is 18.0 Å². The number of pyridine rings is 1. The van der Waals surface area contributed by atoms with E-state index in [1.807, 2.05) is 12.1 Å². The lowest BCUT2D eigenvalue weighted by Crippen LogP contribution is -2.06. The largest absolute Gasteiger partial charge is 0.389 e. The summed E-state index contributed by atoms with van der Waals surface area (Å²) in [6, 6.07) is 3.81. The summed E-state index contributed by atoms with van der Waals surface area (Å²) in [6.07, 6.45) is 5.16. The fourth-order valence-electron chi connectivity index (χ4n) is 1.02. The topological polar surface area (TPSA) is 51.8 Å². The molecule has 0 radical (unpaired) electrons. The average molecular weight is 221 g/mol. The number of nitrogens with zero attached hydrogens (tertiary/aromatic N) is 2. The van der Waals surface area contributed by atoms with Crippen LogP contribution in [0.1, 0.15) is 4.88 Å². The van der Waals surface area contributed by atoms with Crippen LogP contribution in [-0.2, 0) is 0 Å². The molecular formula is C9H7N3S2. The molecule has 2 N–H and O–H groups in total. The minimum Gasteiger partial charge on any atom is -0.389 e. The van der Waals surface area contributed by atoms with E-state index in [1.165, 1.54) is 11.3 Å². The van der Waals surface area contributed by atoms with Gasteiger partial charge in [-0.05, 0) is 12.1 Å². The number of thiazole rings is 1. The van der Waals surface area contributed by atoms with Gasteiger partial charge < -0.3 is 5.73 Å². The normalized spacial score (nSPS) is 10.0. The molecule has 3 nitrogen and oxygen atoms in total. The van der Waals surface area contributed by atoms with Crippen molar-refractivity contribution in [2.75, 3.05) is 0 Å². The lowest BCUT2D eigenvalue weighted by molar-refractivity contribution is 1.32. The number of nitrogens with two attached hydrogens (primary N) is 1. The summed E-state index contributed by atoms with van der Waals surface area (Å²) in [7, 11) is 0. The molecule has 0 amide bonds. The molecule has 0 aliphatic heterocycles. The highest BCUT2D eigenvalue weighted by atomic mass is 32.1. The molecule has 70 valence electrons. The van der Waals surface area contributed by atoms with Crippen LogP contribution in [0.15, 0.2) is 30.7 Å². The third-order valence-corrected chi connectivity index (χ3v) is 3.10. The van der Waals surface area contributed by atoms with Gasteiger partial charge in [-0.3, -0.25) is 4.98 Å². The van der Waals surface area contributed by atoms with Crippen LogP contribution >= 0.6 is 23.6 Å². The standard InChI is InChI=1S/C9H7N3S2/c10-8(13)7-5-12-9(14-7)6-1-3-11-4-2-6/h1-5H,(H2,10,13). The zero-order valence-corrected chi connectivity index (χ0v) is 8.81. The van der Waals surface area contributed by atoms with Crippen molar-refractivity contribution in [3.8, 4) is 10.6 Å². The van der Waals surface area contributed by atoms with E-state index in [-0.39, 0.29) is 0 Å². The van der Waals surface area contributed by atoms with Gasteiger partial charge in [-0.1, -0.05) is 12.2 Å². The van der Waals surface area contributed by atoms with Crippen LogP contribution in [0, 0.1) is 0 Å². The Morgan fingerprint density at radius 2 is 2.07 bits per heavy atom. The molecule has 0 aliphatic carbocycles. The highest BCUT2D eigenvalue weighted by Crippen LogP contribution is 2.23. The van der Waals surface area contributed by atoms with Crippen molar-refractivity contribution in [2.24, 2.45) is 5.73 Å². The molecule has 2 aromatic heterocycles. The smallest absolute Gasteiger partial charge is 0.124 e. The Morgan fingerprint density at radius 1 is 1.36 bits per heavy atom. The summed E-state index contributed by atoms with van der Waals surface area (Å²) >= 11 is 6.35. The number of hydrogen-bond donors (Lipinski definition) is 1. The molecule has 14 heavy (non-hydrogen) atoms. The van der Waals surface area contributed by atoms with Crippen molar-refractivity contribution in [1.82, 2.24) is 9.97 Å². The van der Waals surface area contributed by atoms with Crippen molar-refractivity contribution in [1.29, 1.82) is 0 Å². The summed E-state index contributed by atoms with van der Waals surface area (Å²) in [5.41, 5.74) is 6.53. The summed E-state index contributed by atoms with van der Waals surface area (Å²) in [5, 5.41) is 0.912. The van der Waals surface area contributed by atoms with E-state index in [1.54, 1.807) is 18.6 Å². The SMILES string of the molecule is NC(=S)c1cnc(-c2ccncc2)s1. The van der Waals surface area contributed by atoms with Crippen LogP contribution in [0.4, 0.5) is 0 Å². The Bertz CT molecular complexity index is 450. The van der Waals surface area contributed by atoms with Crippen LogP contribution in [-0.4, -0.2) is 15.0 Å². The van der Waals surface area contributed by atoms with Gasteiger partial charge in [0.25, 0.3) is 0 Å².